The van der Waals surface area contributed by atoms with Crippen molar-refractivity contribution in [2.24, 2.45) is 0 Å². The topological polar surface area (TPSA) is 122 Å². The lowest BCUT2D eigenvalue weighted by atomic mass is 10.1. The van der Waals surface area contributed by atoms with Gasteiger partial charge in [-0.15, -0.1) is 0 Å². The number of nitrogens with one attached hydrogen (secondary N) is 1. The highest BCUT2D eigenvalue weighted by atomic mass is 16.6. The van der Waals surface area contributed by atoms with Crippen molar-refractivity contribution in [3.05, 3.63) is 81.7 Å². The van der Waals surface area contributed by atoms with Crippen LogP contribution in [0.15, 0.2) is 54.7 Å². The molecule has 3 rings (SSSR count). The summed E-state index contributed by atoms with van der Waals surface area (Å²) in [6.45, 7) is 0.418. The van der Waals surface area contributed by atoms with E-state index in [4.69, 9.17) is 18.9 Å². The first-order valence-electron chi connectivity index (χ1n) is 9.85. The summed E-state index contributed by atoms with van der Waals surface area (Å²) in [5, 5.41) is 14.4. The van der Waals surface area contributed by atoms with Crippen LogP contribution >= 0.6 is 0 Å². The van der Waals surface area contributed by atoms with Gasteiger partial charge in [-0.2, -0.15) is 0 Å². The molecule has 0 aliphatic rings. The smallest absolute Gasteiger partial charge is 0.327 e. The summed E-state index contributed by atoms with van der Waals surface area (Å²) in [7, 11) is 3.94. The molecule has 0 radical (unpaired) electrons. The quantitative estimate of drug-likeness (QED) is 0.365. The van der Waals surface area contributed by atoms with E-state index in [9.17, 15) is 14.9 Å². The number of nitro benzene ring substituents is 1. The molecule has 0 fully saturated rings. The fourth-order valence-corrected chi connectivity index (χ4v) is 3.16. The molecule has 0 spiro atoms. The molecular weight excluding hydrogens is 430 g/mol. The van der Waals surface area contributed by atoms with Crippen molar-refractivity contribution in [1.29, 1.82) is 0 Å². The van der Waals surface area contributed by atoms with E-state index in [0.717, 1.165) is 11.3 Å². The molecule has 1 amide bonds. The second kappa shape index (κ2) is 10.8. The van der Waals surface area contributed by atoms with Gasteiger partial charge in [0.1, 0.15) is 17.9 Å². The summed E-state index contributed by atoms with van der Waals surface area (Å²) in [5.74, 6) is -0.0973. The van der Waals surface area contributed by atoms with Crippen LogP contribution in [0.25, 0.3) is 0 Å². The standard InChI is InChI=1S/C23H23N3O7/c1-30-19-12-18(20(26(28)29)22(32-3)21(19)31-2)23(27)25-13-15-7-6-9-17(11-15)33-14-16-8-4-5-10-24-16/h4-12H,13-14H2,1-3H3,(H,25,27). The van der Waals surface area contributed by atoms with Crippen LogP contribution in [0.1, 0.15) is 21.6 Å². The molecule has 0 atom stereocenters. The zero-order chi connectivity index (χ0) is 23.8. The monoisotopic (exact) mass is 453 g/mol. The van der Waals surface area contributed by atoms with Gasteiger partial charge in [-0.3, -0.25) is 19.9 Å². The number of nitrogens with zero attached hydrogens (tertiary/aromatic N) is 2. The van der Waals surface area contributed by atoms with Crippen LogP contribution < -0.4 is 24.3 Å². The fraction of sp³-hybridized carbons (Fsp3) is 0.217. The van der Waals surface area contributed by atoms with Gasteiger partial charge in [0.05, 0.1) is 31.9 Å². The summed E-state index contributed by atoms with van der Waals surface area (Å²) in [5.41, 5.74) is 0.806. The maximum Gasteiger partial charge on any atom is 0.327 e. The molecule has 10 nitrogen and oxygen atoms in total. The number of carbonyl (C=O) groups is 1. The molecule has 2 aromatic carbocycles. The average Bonchev–Trinajstić information content (AvgIpc) is 2.85. The number of rotatable bonds is 10. The van der Waals surface area contributed by atoms with Crippen molar-refractivity contribution < 1.29 is 28.7 Å². The number of aromatic nitrogens is 1. The summed E-state index contributed by atoms with van der Waals surface area (Å²) < 4.78 is 21.3. The summed E-state index contributed by atoms with van der Waals surface area (Å²) in [6, 6.07) is 14.0. The van der Waals surface area contributed by atoms with E-state index in [1.54, 1.807) is 30.5 Å². The summed E-state index contributed by atoms with van der Waals surface area (Å²) in [4.78, 5) is 28.1. The van der Waals surface area contributed by atoms with Crippen LogP contribution in [-0.2, 0) is 13.2 Å². The van der Waals surface area contributed by atoms with Crippen molar-refractivity contribution in [3.63, 3.8) is 0 Å². The van der Waals surface area contributed by atoms with E-state index in [0.29, 0.717) is 12.4 Å². The van der Waals surface area contributed by atoms with Gasteiger partial charge in [-0.05, 0) is 29.8 Å². The minimum Gasteiger partial charge on any atom is -0.493 e. The molecular formula is C23H23N3O7. The SMILES string of the molecule is COc1cc(C(=O)NCc2cccc(OCc3ccccn3)c2)c([N+](=O)[O-])c(OC)c1OC. The molecule has 3 aromatic rings. The maximum atomic E-state index is 12.9. The Morgan fingerprint density at radius 3 is 2.45 bits per heavy atom. The first-order chi connectivity index (χ1) is 16.0. The molecule has 0 unspecified atom stereocenters. The molecule has 33 heavy (non-hydrogen) atoms. The molecule has 1 aromatic heterocycles. The zero-order valence-corrected chi connectivity index (χ0v) is 18.4. The highest BCUT2D eigenvalue weighted by molar-refractivity contribution is 6.00. The minimum absolute atomic E-state index is 0.0287. The van der Waals surface area contributed by atoms with E-state index in [-0.39, 0.29) is 29.4 Å². The Labute approximate surface area is 190 Å². The van der Waals surface area contributed by atoms with E-state index >= 15 is 0 Å². The maximum absolute atomic E-state index is 12.9. The predicted octanol–water partition coefficient (Wildman–Crippen LogP) is 3.52. The van der Waals surface area contributed by atoms with Gasteiger partial charge < -0.3 is 24.3 Å². The largest absolute Gasteiger partial charge is 0.493 e. The van der Waals surface area contributed by atoms with Gasteiger partial charge in [0.25, 0.3) is 5.91 Å². The van der Waals surface area contributed by atoms with Gasteiger partial charge in [0, 0.05) is 18.8 Å². The second-order valence-corrected chi connectivity index (χ2v) is 6.74. The lowest BCUT2D eigenvalue weighted by Crippen LogP contribution is -2.24. The van der Waals surface area contributed by atoms with Crippen LogP contribution in [-0.4, -0.2) is 37.1 Å². The highest BCUT2D eigenvalue weighted by Gasteiger charge is 2.32. The number of nitro groups is 1. The second-order valence-electron chi connectivity index (χ2n) is 6.74. The third kappa shape index (κ3) is 5.48. The third-order valence-electron chi connectivity index (χ3n) is 4.70. The predicted molar refractivity (Wildman–Crippen MR) is 119 cm³/mol. The van der Waals surface area contributed by atoms with Crippen LogP contribution in [0.4, 0.5) is 5.69 Å². The van der Waals surface area contributed by atoms with Gasteiger partial charge in [-0.25, -0.2) is 0 Å². The van der Waals surface area contributed by atoms with Crippen molar-refractivity contribution in [2.75, 3.05) is 21.3 Å². The number of hydrogen-bond acceptors (Lipinski definition) is 8. The third-order valence-corrected chi connectivity index (χ3v) is 4.70. The Balaban J connectivity index is 1.77. The van der Waals surface area contributed by atoms with Crippen LogP contribution in [0.5, 0.6) is 23.0 Å². The summed E-state index contributed by atoms with van der Waals surface area (Å²) >= 11 is 0. The average molecular weight is 453 g/mol. The fourth-order valence-electron chi connectivity index (χ4n) is 3.16. The first-order valence-corrected chi connectivity index (χ1v) is 9.85. The Hall–Kier alpha value is -4.34. The van der Waals surface area contributed by atoms with Gasteiger partial charge in [0.2, 0.25) is 11.5 Å². The van der Waals surface area contributed by atoms with E-state index in [1.165, 1.54) is 27.4 Å². The Morgan fingerprint density at radius 2 is 1.82 bits per heavy atom. The molecule has 1 N–H and O–H groups in total. The molecule has 0 bridgehead atoms. The number of carbonyl (C=O) groups excluding carboxylic acids is 1. The summed E-state index contributed by atoms with van der Waals surface area (Å²) in [6.07, 6.45) is 1.69. The number of pyridine rings is 1. The van der Waals surface area contributed by atoms with Gasteiger partial charge in [-0.1, -0.05) is 18.2 Å². The normalized spacial score (nSPS) is 10.3. The Morgan fingerprint density at radius 1 is 1.03 bits per heavy atom. The van der Waals surface area contributed by atoms with E-state index in [1.807, 2.05) is 18.2 Å². The Kier molecular flexibility index (Phi) is 7.64. The van der Waals surface area contributed by atoms with Crippen molar-refractivity contribution in [2.45, 2.75) is 13.2 Å². The van der Waals surface area contributed by atoms with E-state index in [2.05, 4.69) is 10.3 Å². The van der Waals surface area contributed by atoms with Gasteiger partial charge in [0.15, 0.2) is 5.75 Å². The molecule has 1 heterocycles. The van der Waals surface area contributed by atoms with Gasteiger partial charge >= 0.3 is 5.69 Å². The lowest BCUT2D eigenvalue weighted by molar-refractivity contribution is -0.386. The minimum atomic E-state index is -0.693. The van der Waals surface area contributed by atoms with E-state index < -0.39 is 16.5 Å². The number of hydrogen-bond donors (Lipinski definition) is 1. The Bertz CT molecular complexity index is 1140. The van der Waals surface area contributed by atoms with Crippen molar-refractivity contribution in [1.82, 2.24) is 10.3 Å². The molecule has 0 aliphatic carbocycles. The van der Waals surface area contributed by atoms with Crippen molar-refractivity contribution >= 4 is 11.6 Å². The van der Waals surface area contributed by atoms with Crippen LogP contribution in [0.3, 0.4) is 0 Å². The number of methoxy groups -OCH3 is 3. The first kappa shape index (κ1) is 23.3. The zero-order valence-electron chi connectivity index (χ0n) is 18.4. The van der Waals surface area contributed by atoms with Crippen LogP contribution in [0, 0.1) is 10.1 Å². The van der Waals surface area contributed by atoms with Crippen LogP contribution in [0.2, 0.25) is 0 Å². The lowest BCUT2D eigenvalue weighted by Gasteiger charge is -2.15. The molecule has 0 saturated carbocycles. The number of amides is 1. The molecule has 0 saturated heterocycles. The molecule has 0 aliphatic heterocycles. The number of benzene rings is 2. The highest BCUT2D eigenvalue weighted by Crippen LogP contribution is 2.46. The molecule has 10 heteroatoms. The number of ether oxygens (including phenoxy) is 4. The molecule has 172 valence electrons. The van der Waals surface area contributed by atoms with Crippen molar-refractivity contribution in [3.8, 4) is 23.0 Å².